The number of hydrogen-bond donors (Lipinski definition) is 5. The van der Waals surface area contributed by atoms with Crippen molar-refractivity contribution in [3.8, 4) is 0 Å². The number of allylic oxidation sites excluding steroid dienone is 3. The van der Waals surface area contributed by atoms with E-state index in [1.165, 1.54) is 39.3 Å². The summed E-state index contributed by atoms with van der Waals surface area (Å²) in [5, 5.41) is 13.2. The Labute approximate surface area is 403 Å². The van der Waals surface area contributed by atoms with Gasteiger partial charge in [0.15, 0.2) is 0 Å². The molecule has 0 aliphatic heterocycles. The Morgan fingerprint density at radius 3 is 1.88 bits per heavy atom. The number of unbranched alkanes of at least 4 members (excludes halogenated alkanes) is 7. The second-order valence-electron chi connectivity index (χ2n) is 17.1. The Bertz CT molecular complexity index is 2020. The van der Waals surface area contributed by atoms with Crippen molar-refractivity contribution in [1.29, 1.82) is 0 Å². The molecule has 3 atom stereocenters. The molecular weight excluding hydrogens is 869 g/mol. The van der Waals surface area contributed by atoms with Crippen LogP contribution >= 0.6 is 0 Å². The quantitative estimate of drug-likeness (QED) is 0.0129. The van der Waals surface area contributed by atoms with Gasteiger partial charge in [0.25, 0.3) is 11.8 Å². The van der Waals surface area contributed by atoms with Gasteiger partial charge >= 0.3 is 12.1 Å². The number of aldehydes is 1. The fraction of sp³-hybridized carbons (Fsp3) is 0.519. The summed E-state index contributed by atoms with van der Waals surface area (Å²) in [7, 11) is 3.01. The molecule has 16 nitrogen and oxygen atoms in total. The molecule has 2 aromatic carbocycles. The molecule has 0 aromatic heterocycles. The molecule has 0 radical (unpaired) electrons. The number of carbonyl (C=O) groups is 7. The van der Waals surface area contributed by atoms with Crippen LogP contribution in [-0.4, -0.2) is 92.2 Å². The molecule has 0 aliphatic rings. The molecule has 0 aliphatic carbocycles. The Morgan fingerprint density at radius 1 is 0.765 bits per heavy atom. The lowest BCUT2D eigenvalue weighted by Crippen LogP contribution is -2.51. The SMILES string of the molecule is C/C=C(\C)C(C=O)NC(=O)C(CC(C)C)N(C)C(=O)/C(C)=C(/CCCCCCCCCC)OC(=O)CNC(=O)/C(NC(=O)C(CNC(=O)OCc1ccccc1)NC)=C(\C)OCc1ccccc1. The van der Waals surface area contributed by atoms with Crippen molar-refractivity contribution >= 4 is 42.0 Å². The van der Waals surface area contributed by atoms with Crippen molar-refractivity contribution in [2.24, 2.45) is 5.92 Å². The van der Waals surface area contributed by atoms with E-state index in [-0.39, 0.29) is 54.9 Å². The molecule has 3 unspecified atom stereocenters. The Balaban J connectivity index is 2.33. The summed E-state index contributed by atoms with van der Waals surface area (Å²) in [6.45, 7) is 11.8. The van der Waals surface area contributed by atoms with Gasteiger partial charge in [-0.25, -0.2) is 9.59 Å². The second-order valence-corrected chi connectivity index (χ2v) is 17.1. The second kappa shape index (κ2) is 32.4. The average Bonchev–Trinajstić information content (AvgIpc) is 3.34. The zero-order chi connectivity index (χ0) is 50.4. The van der Waals surface area contributed by atoms with Crippen LogP contribution in [0.25, 0.3) is 0 Å². The highest BCUT2D eigenvalue weighted by Gasteiger charge is 2.32. The molecule has 0 saturated heterocycles. The van der Waals surface area contributed by atoms with Crippen LogP contribution in [0.3, 0.4) is 0 Å². The van der Waals surface area contributed by atoms with Crippen molar-refractivity contribution in [3.63, 3.8) is 0 Å². The van der Waals surface area contributed by atoms with E-state index in [0.717, 1.165) is 49.7 Å². The number of ether oxygens (including phenoxy) is 3. The molecule has 0 spiro atoms. The monoisotopic (exact) mass is 945 g/mol. The molecule has 0 saturated carbocycles. The lowest BCUT2D eigenvalue weighted by Gasteiger charge is -2.30. The number of alkyl carbamates (subject to hydrolysis) is 1. The zero-order valence-corrected chi connectivity index (χ0v) is 41.7. The van der Waals surface area contributed by atoms with E-state index in [9.17, 15) is 33.6 Å². The van der Waals surface area contributed by atoms with Gasteiger partial charge in [-0.05, 0) is 70.2 Å². The molecule has 374 valence electrons. The number of likely N-dealkylation sites (N-methyl/N-ethyl adjacent to an activating group) is 2. The number of amides is 5. The van der Waals surface area contributed by atoms with Gasteiger partial charge in [-0.3, -0.25) is 19.2 Å². The molecule has 0 fully saturated rings. The van der Waals surface area contributed by atoms with Crippen molar-refractivity contribution in [2.45, 2.75) is 144 Å². The van der Waals surface area contributed by atoms with Crippen molar-refractivity contribution in [1.82, 2.24) is 31.5 Å². The molecule has 68 heavy (non-hydrogen) atoms. The third kappa shape index (κ3) is 21.6. The van der Waals surface area contributed by atoms with Crippen molar-refractivity contribution in [2.75, 3.05) is 27.2 Å². The van der Waals surface area contributed by atoms with Crippen LogP contribution in [0.4, 0.5) is 4.79 Å². The van der Waals surface area contributed by atoms with Crippen LogP contribution < -0.4 is 26.6 Å². The highest BCUT2D eigenvalue weighted by molar-refractivity contribution is 6.00. The van der Waals surface area contributed by atoms with E-state index < -0.39 is 60.4 Å². The predicted molar refractivity (Wildman–Crippen MR) is 262 cm³/mol. The molecule has 0 bridgehead atoms. The van der Waals surface area contributed by atoms with E-state index in [2.05, 4.69) is 33.5 Å². The van der Waals surface area contributed by atoms with Gasteiger partial charge < -0.3 is 50.5 Å². The van der Waals surface area contributed by atoms with Crippen molar-refractivity contribution < 1.29 is 47.8 Å². The fourth-order valence-electron chi connectivity index (χ4n) is 6.88. The molecule has 16 heteroatoms. The number of benzene rings is 2. The number of carbonyl (C=O) groups excluding carboxylic acids is 7. The molecular formula is C52H76N6O10. The third-order valence-corrected chi connectivity index (χ3v) is 11.2. The number of hydrogen-bond acceptors (Lipinski definition) is 11. The Kier molecular flexibility index (Phi) is 27.6. The first-order valence-electron chi connectivity index (χ1n) is 23.7. The topological polar surface area (TPSA) is 211 Å². The Hall–Kier alpha value is -6.29. The van der Waals surface area contributed by atoms with E-state index in [1.807, 2.05) is 62.4 Å². The van der Waals surface area contributed by atoms with Gasteiger partial charge in [0.2, 0.25) is 11.8 Å². The predicted octanol–water partition coefficient (Wildman–Crippen LogP) is 7.05. The van der Waals surface area contributed by atoms with Gasteiger partial charge in [-0.1, -0.05) is 132 Å². The zero-order valence-electron chi connectivity index (χ0n) is 41.7. The van der Waals surface area contributed by atoms with Crippen LogP contribution in [0.1, 0.15) is 124 Å². The van der Waals surface area contributed by atoms with Gasteiger partial charge in [0.05, 0.1) is 5.57 Å². The first-order valence-corrected chi connectivity index (χ1v) is 23.7. The first kappa shape index (κ1) is 57.8. The first-order chi connectivity index (χ1) is 32.6. The molecule has 2 aromatic rings. The van der Waals surface area contributed by atoms with Gasteiger partial charge in [0.1, 0.15) is 61.4 Å². The maximum atomic E-state index is 14.2. The lowest BCUT2D eigenvalue weighted by molar-refractivity contribution is -0.141. The smallest absolute Gasteiger partial charge is 0.407 e. The summed E-state index contributed by atoms with van der Waals surface area (Å²) in [5.74, 6) is -3.33. The molecule has 5 N–H and O–H groups in total. The minimum absolute atomic E-state index is 0.00636. The normalized spacial score (nSPS) is 13.4. The standard InChI is InChI=1S/C52H76N6O10/c1-10-12-13-14-15-16-17-24-29-45(38(6)51(64)58(9)44(30-36(3)4)49(62)56-43(33-59)37(5)11-2)68-46(60)32-54-50(63)47(39(7)66-34-40-25-20-18-21-26-40)57-48(61)42(53-8)31-55-52(65)67-35-41-27-22-19-23-28-41/h11,18-23,25-28,33,36,42-44,53H,10,12-17,24,29-32,34-35H2,1-9H3,(H,54,63)(H,55,65)(H,56,62)(H,57,61)/b37-11+,45-38-,47-39-. The van der Waals surface area contributed by atoms with Crippen LogP contribution in [0, 0.1) is 5.92 Å². The van der Waals surface area contributed by atoms with Crippen LogP contribution in [0.2, 0.25) is 0 Å². The minimum atomic E-state index is -1.02. The largest absolute Gasteiger partial charge is 0.491 e. The van der Waals surface area contributed by atoms with E-state index in [1.54, 1.807) is 32.1 Å². The summed E-state index contributed by atoms with van der Waals surface area (Å²) >= 11 is 0. The number of nitrogens with one attached hydrogen (secondary N) is 5. The van der Waals surface area contributed by atoms with Gasteiger partial charge in [-0.2, -0.15) is 0 Å². The van der Waals surface area contributed by atoms with Crippen molar-refractivity contribution in [3.05, 3.63) is 106 Å². The van der Waals surface area contributed by atoms with E-state index in [0.29, 0.717) is 24.7 Å². The molecule has 0 heterocycles. The maximum Gasteiger partial charge on any atom is 0.407 e. The number of nitrogens with zero attached hydrogens (tertiary/aromatic N) is 1. The molecule has 5 amide bonds. The summed E-state index contributed by atoms with van der Waals surface area (Å²) in [6.07, 6.45) is 10.2. The maximum absolute atomic E-state index is 14.2. The highest BCUT2D eigenvalue weighted by Crippen LogP contribution is 2.21. The van der Waals surface area contributed by atoms with Gasteiger partial charge in [-0.15, -0.1) is 0 Å². The van der Waals surface area contributed by atoms with E-state index >= 15 is 0 Å². The number of esters is 1. The van der Waals surface area contributed by atoms with Gasteiger partial charge in [0, 0.05) is 20.0 Å². The summed E-state index contributed by atoms with van der Waals surface area (Å²) in [4.78, 5) is 94.5. The molecule has 2 rings (SSSR count). The van der Waals surface area contributed by atoms with Crippen LogP contribution in [0.5, 0.6) is 0 Å². The third-order valence-electron chi connectivity index (χ3n) is 11.2. The average molecular weight is 945 g/mol. The lowest BCUT2D eigenvalue weighted by atomic mass is 9.99. The summed E-state index contributed by atoms with van der Waals surface area (Å²) in [6, 6.07) is 15.4. The van der Waals surface area contributed by atoms with E-state index in [4.69, 9.17) is 14.2 Å². The fourth-order valence-corrected chi connectivity index (χ4v) is 6.88. The highest BCUT2D eigenvalue weighted by atomic mass is 16.5. The number of rotatable bonds is 31. The Morgan fingerprint density at radius 2 is 1.34 bits per heavy atom. The van der Waals surface area contributed by atoms with Crippen LogP contribution in [-0.2, 0) is 56.2 Å². The summed E-state index contributed by atoms with van der Waals surface area (Å²) < 4.78 is 17.0. The summed E-state index contributed by atoms with van der Waals surface area (Å²) in [5.41, 5.74) is 2.06. The minimum Gasteiger partial charge on any atom is -0.491 e. The van der Waals surface area contributed by atoms with Crippen LogP contribution in [0.15, 0.2) is 95.1 Å².